The van der Waals surface area contributed by atoms with Crippen LogP contribution in [0.3, 0.4) is 0 Å². The van der Waals surface area contributed by atoms with Crippen LogP contribution in [-0.4, -0.2) is 21.1 Å². The van der Waals surface area contributed by atoms with Crippen LogP contribution in [0, 0.1) is 0 Å². The number of para-hydroxylation sites is 6. The van der Waals surface area contributed by atoms with E-state index in [2.05, 4.69) is 219 Å². The Bertz CT molecular complexity index is 3190. The van der Waals surface area contributed by atoms with Gasteiger partial charge in [0.15, 0.2) is 0 Å². The molecule has 6 aliphatic rings. The number of fused-ring (bicyclic) bond motifs is 4. The molecule has 0 aromatic heterocycles. The van der Waals surface area contributed by atoms with Gasteiger partial charge in [0, 0.05) is 84.3 Å². The molecule has 6 aliphatic heterocycles. The summed E-state index contributed by atoms with van der Waals surface area (Å²) >= 11 is 0. The van der Waals surface area contributed by atoms with Crippen LogP contribution in [0.1, 0.15) is 0 Å². The summed E-state index contributed by atoms with van der Waals surface area (Å²) in [5, 5.41) is 0. The molecular weight excluding hydrogens is 769 g/mol. The summed E-state index contributed by atoms with van der Waals surface area (Å²) in [6, 6.07) is 72.7. The summed E-state index contributed by atoms with van der Waals surface area (Å²) in [4.78, 5) is 10.2. The molecule has 9 heteroatoms. The van der Waals surface area contributed by atoms with Crippen molar-refractivity contribution in [2.75, 3.05) is 19.2 Å². The fraction of sp³-hybridized carbons (Fsp3) is 0. The summed E-state index contributed by atoms with van der Waals surface area (Å²) in [5.74, 6) is 1.69. The summed E-state index contributed by atoms with van der Waals surface area (Å²) in [6.07, 6.45) is 0. The Labute approximate surface area is 366 Å². The Morgan fingerprint density at radius 1 is 0.286 bits per heavy atom. The Morgan fingerprint density at radius 2 is 0.635 bits per heavy atom. The normalized spacial score (nSPS) is 14.7. The molecule has 0 atom stereocenters. The van der Waals surface area contributed by atoms with Crippen molar-refractivity contribution in [3.63, 3.8) is 0 Å². The summed E-state index contributed by atoms with van der Waals surface area (Å²) < 4.78 is 14.4. The molecule has 290 valence electrons. The van der Waals surface area contributed by atoms with E-state index in [9.17, 15) is 0 Å². The summed E-state index contributed by atoms with van der Waals surface area (Å²) in [7, 11) is -0.657. The molecule has 6 heterocycles. The van der Waals surface area contributed by atoms with Crippen LogP contribution >= 0.6 is 0 Å². The van der Waals surface area contributed by atoms with Crippen molar-refractivity contribution in [1.29, 1.82) is 0 Å². The molecule has 9 aromatic carbocycles. The third kappa shape index (κ3) is 4.31. The lowest BCUT2D eigenvalue weighted by atomic mass is 9.48. The molecule has 6 nitrogen and oxygen atoms in total. The average Bonchev–Trinajstić information content (AvgIpc) is 3.35. The van der Waals surface area contributed by atoms with Crippen molar-refractivity contribution in [2.45, 2.75) is 0 Å². The van der Waals surface area contributed by atoms with Gasteiger partial charge < -0.3 is 28.6 Å². The summed E-state index contributed by atoms with van der Waals surface area (Å²) in [6.45, 7) is -0.495. The zero-order valence-corrected chi connectivity index (χ0v) is 33.9. The molecule has 15 rings (SSSR count). The second kappa shape index (κ2) is 12.3. The van der Waals surface area contributed by atoms with Gasteiger partial charge in [-0.1, -0.05) is 121 Å². The van der Waals surface area contributed by atoms with Crippen LogP contribution in [-0.2, 0) is 0 Å². The number of nitrogens with zero attached hydrogens (tertiary/aromatic N) is 4. The molecule has 9 aromatic rings. The van der Waals surface area contributed by atoms with E-state index in [-0.39, 0.29) is 14.0 Å². The fourth-order valence-electron chi connectivity index (χ4n) is 11.7. The van der Waals surface area contributed by atoms with Crippen LogP contribution in [0.5, 0.6) is 11.5 Å². The molecule has 0 saturated carbocycles. The molecule has 0 amide bonds. The molecule has 0 radical (unpaired) electrons. The lowest BCUT2D eigenvalue weighted by molar-refractivity contribution is 0.436. The second-order valence-electron chi connectivity index (χ2n) is 17.0. The van der Waals surface area contributed by atoms with Gasteiger partial charge in [0.05, 0.1) is 0 Å². The van der Waals surface area contributed by atoms with Crippen LogP contribution in [0.4, 0.5) is 45.5 Å². The minimum absolute atomic E-state index is 0.248. The molecule has 0 N–H and O–H groups in total. The fourth-order valence-corrected chi connectivity index (χ4v) is 11.7. The Kier molecular flexibility index (Phi) is 6.57. The first kappa shape index (κ1) is 33.7. The maximum absolute atomic E-state index is 7.22. The Morgan fingerprint density at radius 3 is 1.03 bits per heavy atom. The molecule has 63 heavy (non-hydrogen) atoms. The van der Waals surface area contributed by atoms with Crippen molar-refractivity contribution in [3.05, 3.63) is 200 Å². The second-order valence-corrected chi connectivity index (χ2v) is 17.0. The minimum atomic E-state index is -0.657. The predicted molar refractivity (Wildman–Crippen MR) is 260 cm³/mol. The van der Waals surface area contributed by atoms with Crippen LogP contribution in [0.15, 0.2) is 200 Å². The largest absolute Gasteiger partial charge is 0.634 e. The van der Waals surface area contributed by atoms with E-state index in [4.69, 9.17) is 9.31 Å². The first-order chi connectivity index (χ1) is 31.3. The van der Waals surface area contributed by atoms with Crippen molar-refractivity contribution >= 4 is 83.0 Å². The zero-order valence-electron chi connectivity index (χ0n) is 33.9. The Balaban J connectivity index is 1.11. The molecule has 0 fully saturated rings. The maximum Gasteiger partial charge on any atom is 0.634 e. The lowest BCUT2D eigenvalue weighted by Gasteiger charge is -2.52. The number of anilines is 8. The molecule has 0 aliphatic carbocycles. The van der Waals surface area contributed by atoms with Gasteiger partial charge in [-0.15, -0.1) is 0 Å². The third-order valence-corrected chi connectivity index (χ3v) is 14.0. The van der Waals surface area contributed by atoms with Gasteiger partial charge in [-0.25, -0.2) is 0 Å². The van der Waals surface area contributed by atoms with E-state index >= 15 is 0 Å². The van der Waals surface area contributed by atoms with Gasteiger partial charge >= 0.3 is 21.1 Å². The number of hydrogen-bond acceptors (Lipinski definition) is 6. The number of benzene rings is 9. The third-order valence-electron chi connectivity index (χ3n) is 14.0. The molecule has 0 saturated heterocycles. The van der Waals surface area contributed by atoms with E-state index in [1.165, 1.54) is 55.7 Å². The average molecular weight is 802 g/mol. The van der Waals surface area contributed by atoms with E-state index < -0.39 is 7.12 Å². The minimum Gasteiger partial charge on any atom is -0.521 e. The van der Waals surface area contributed by atoms with Gasteiger partial charge in [-0.2, -0.15) is 0 Å². The van der Waals surface area contributed by atoms with Crippen molar-refractivity contribution in [3.8, 4) is 56.0 Å². The van der Waals surface area contributed by atoms with Gasteiger partial charge in [-0.05, 0) is 101 Å². The van der Waals surface area contributed by atoms with Gasteiger partial charge in [-0.3, -0.25) is 0 Å². The molecular formula is C54H33B3N4O2. The standard InChI is InChI=1S/C54H33B3N4O2/c1-5-17-34(18-6-1)58-42-27-15-13-25-38(42)40-29-31-46-50-48-44(60(55(58)52(40)50)36-21-9-3-10-22-36)33-45-49-51-47(63-57(62-46)54(48)49)32-30-41-39-26-14-16-28-43(39)59(35-19-7-2-8-20-35)56(53(41)51)61(45)37-23-11-4-12-24-37/h1-33H. The molecule has 0 spiro atoms. The Hall–Kier alpha value is -8.03. The number of rotatable bonds is 4. The SMILES string of the molecule is c1ccc(N2B3c4c(ccc5c4-c4c(cc6c7c4B(O5)Oc4ccc5c(c4-7)B(N(c4ccccc4)c4ccccc4-5)N6c4ccccc4)N3c3ccccc3)-c3ccccc32)cc1. The molecule has 0 bridgehead atoms. The predicted octanol–water partition coefficient (Wildman–Crippen LogP) is 10.8. The van der Waals surface area contributed by atoms with Gasteiger partial charge in [0.25, 0.3) is 0 Å². The van der Waals surface area contributed by atoms with Crippen molar-refractivity contribution < 1.29 is 9.31 Å². The highest BCUT2D eigenvalue weighted by atomic mass is 16.6. The van der Waals surface area contributed by atoms with Crippen LogP contribution < -0.4 is 44.9 Å². The van der Waals surface area contributed by atoms with E-state index in [0.29, 0.717) is 0 Å². The summed E-state index contributed by atoms with van der Waals surface area (Å²) in [5.41, 5.74) is 22.1. The van der Waals surface area contributed by atoms with Crippen molar-refractivity contribution in [1.82, 2.24) is 0 Å². The van der Waals surface area contributed by atoms with Crippen LogP contribution in [0.2, 0.25) is 0 Å². The number of hydrogen-bond donors (Lipinski definition) is 0. The van der Waals surface area contributed by atoms with E-state index in [1.54, 1.807) is 0 Å². The van der Waals surface area contributed by atoms with E-state index in [1.807, 2.05) is 0 Å². The monoisotopic (exact) mass is 802 g/mol. The quantitative estimate of drug-likeness (QED) is 0.165. The zero-order chi connectivity index (χ0) is 40.9. The van der Waals surface area contributed by atoms with Gasteiger partial charge in [0.1, 0.15) is 11.5 Å². The topological polar surface area (TPSA) is 31.4 Å². The highest BCUT2D eigenvalue weighted by Gasteiger charge is 2.57. The highest BCUT2D eigenvalue weighted by molar-refractivity contribution is 6.89. The lowest BCUT2D eigenvalue weighted by Crippen LogP contribution is -2.66. The highest BCUT2D eigenvalue weighted by Crippen LogP contribution is 2.58. The maximum atomic E-state index is 7.22. The van der Waals surface area contributed by atoms with E-state index in [0.717, 1.165) is 62.2 Å². The first-order valence-electron chi connectivity index (χ1n) is 21.8. The van der Waals surface area contributed by atoms with Gasteiger partial charge in [0.2, 0.25) is 0 Å². The smallest absolute Gasteiger partial charge is 0.521 e. The van der Waals surface area contributed by atoms with Crippen molar-refractivity contribution in [2.24, 2.45) is 0 Å². The van der Waals surface area contributed by atoms with Crippen LogP contribution in [0.25, 0.3) is 44.5 Å². The first-order valence-corrected chi connectivity index (χ1v) is 21.8. The molecule has 0 unspecified atom stereocenters.